The molecule has 0 saturated carbocycles. The van der Waals surface area contributed by atoms with Gasteiger partial charge in [-0.25, -0.2) is 0 Å². The third-order valence-electron chi connectivity index (χ3n) is 3.05. The normalized spacial score (nSPS) is 24.5. The second kappa shape index (κ2) is 7.89. The van der Waals surface area contributed by atoms with E-state index in [2.05, 4.69) is 36.2 Å². The van der Waals surface area contributed by atoms with Crippen molar-refractivity contribution < 1.29 is 0 Å². The summed E-state index contributed by atoms with van der Waals surface area (Å²) in [6.45, 7) is 9.31. The first kappa shape index (κ1) is 12.7. The number of hydrogen-bond donors (Lipinski definition) is 1. The monoisotopic (exact) mass is 210 g/mol. The Bertz CT molecular complexity index is 177. The van der Waals surface area contributed by atoms with E-state index in [4.69, 9.17) is 0 Å². The molecule has 1 aliphatic rings. The van der Waals surface area contributed by atoms with Crippen LogP contribution in [0.15, 0.2) is 12.2 Å². The number of nitrogens with one attached hydrogen (secondary N) is 1. The molecule has 0 aromatic rings. The first-order valence-corrected chi connectivity index (χ1v) is 6.43. The average molecular weight is 210 g/mol. The lowest BCUT2D eigenvalue weighted by molar-refractivity contribution is 0.267. The molecule has 1 atom stereocenters. The molecule has 1 N–H and O–H groups in total. The highest BCUT2D eigenvalue weighted by Gasteiger charge is 2.15. The molecule has 0 aliphatic carbocycles. The maximum absolute atomic E-state index is 3.64. The van der Waals surface area contributed by atoms with Crippen LogP contribution in [0.25, 0.3) is 0 Å². The van der Waals surface area contributed by atoms with Crippen LogP contribution in [0.2, 0.25) is 0 Å². The van der Waals surface area contributed by atoms with Crippen LogP contribution in [0.5, 0.6) is 0 Å². The predicted octanol–water partition coefficient (Wildman–Crippen LogP) is 2.42. The van der Waals surface area contributed by atoms with Crippen LogP contribution in [0.4, 0.5) is 0 Å². The summed E-state index contributed by atoms with van der Waals surface area (Å²) in [4.78, 5) is 2.61. The van der Waals surface area contributed by atoms with Crippen LogP contribution in [0, 0.1) is 0 Å². The van der Waals surface area contributed by atoms with Crippen LogP contribution in [0.1, 0.15) is 39.5 Å². The Hall–Kier alpha value is -0.340. The van der Waals surface area contributed by atoms with Gasteiger partial charge in [-0.15, -0.1) is 0 Å². The fraction of sp³-hybridized carbons (Fsp3) is 0.846. The van der Waals surface area contributed by atoms with Gasteiger partial charge in [0.1, 0.15) is 0 Å². The average Bonchev–Trinajstić information content (AvgIpc) is 2.45. The van der Waals surface area contributed by atoms with Gasteiger partial charge in [-0.1, -0.05) is 25.5 Å². The molecule has 2 heteroatoms. The van der Waals surface area contributed by atoms with Gasteiger partial charge in [-0.05, 0) is 39.3 Å². The van der Waals surface area contributed by atoms with Crippen molar-refractivity contribution in [1.29, 1.82) is 0 Å². The van der Waals surface area contributed by atoms with Gasteiger partial charge < -0.3 is 10.2 Å². The zero-order chi connectivity index (χ0) is 10.9. The summed E-state index contributed by atoms with van der Waals surface area (Å²) < 4.78 is 0. The highest BCUT2D eigenvalue weighted by Crippen LogP contribution is 2.06. The van der Waals surface area contributed by atoms with Crippen molar-refractivity contribution >= 4 is 0 Å². The van der Waals surface area contributed by atoms with E-state index in [9.17, 15) is 0 Å². The maximum Gasteiger partial charge on any atom is 0.0194 e. The highest BCUT2D eigenvalue weighted by atomic mass is 15.2. The standard InChI is InChI=1S/C13H26N2/c1-3-5-6-10-15-11-7-9-14-13(12-15)8-4-2/h3,5,13-14H,4,6-12H2,1-2H3/b5-3+. The quantitative estimate of drug-likeness (QED) is 0.701. The van der Waals surface area contributed by atoms with Gasteiger partial charge in [0, 0.05) is 19.1 Å². The molecule has 1 heterocycles. The third kappa shape index (κ3) is 5.33. The Balaban J connectivity index is 2.28. The number of hydrogen-bond acceptors (Lipinski definition) is 2. The highest BCUT2D eigenvalue weighted by molar-refractivity contribution is 4.81. The number of rotatable bonds is 5. The van der Waals surface area contributed by atoms with Crippen molar-refractivity contribution in [3.05, 3.63) is 12.2 Å². The first-order valence-electron chi connectivity index (χ1n) is 6.43. The van der Waals surface area contributed by atoms with E-state index in [1.54, 1.807) is 0 Å². The van der Waals surface area contributed by atoms with Crippen LogP contribution in [-0.2, 0) is 0 Å². The van der Waals surface area contributed by atoms with Crippen LogP contribution >= 0.6 is 0 Å². The van der Waals surface area contributed by atoms with Gasteiger partial charge in [0.25, 0.3) is 0 Å². The lowest BCUT2D eigenvalue weighted by atomic mass is 10.1. The van der Waals surface area contributed by atoms with Gasteiger partial charge in [0.05, 0.1) is 0 Å². The molecule has 15 heavy (non-hydrogen) atoms. The van der Waals surface area contributed by atoms with Crippen molar-refractivity contribution in [3.8, 4) is 0 Å². The van der Waals surface area contributed by atoms with E-state index in [0.717, 1.165) is 6.04 Å². The molecule has 1 fully saturated rings. The van der Waals surface area contributed by atoms with Crippen molar-refractivity contribution in [1.82, 2.24) is 10.2 Å². The molecule has 1 saturated heterocycles. The minimum absolute atomic E-state index is 0.725. The molecule has 0 aromatic heterocycles. The van der Waals surface area contributed by atoms with Crippen LogP contribution in [-0.4, -0.2) is 37.1 Å². The lowest BCUT2D eigenvalue weighted by Gasteiger charge is -2.23. The molecular weight excluding hydrogens is 184 g/mol. The molecular formula is C13H26N2. The van der Waals surface area contributed by atoms with E-state index in [-0.39, 0.29) is 0 Å². The Labute approximate surface area is 94.7 Å². The van der Waals surface area contributed by atoms with Gasteiger partial charge in [-0.3, -0.25) is 0 Å². The first-order chi connectivity index (χ1) is 7.36. The van der Waals surface area contributed by atoms with Gasteiger partial charge >= 0.3 is 0 Å². The summed E-state index contributed by atoms with van der Waals surface area (Å²) in [5, 5.41) is 3.64. The Morgan fingerprint density at radius 2 is 2.33 bits per heavy atom. The minimum atomic E-state index is 0.725. The second-order valence-electron chi connectivity index (χ2n) is 4.45. The number of nitrogens with zero attached hydrogens (tertiary/aromatic N) is 1. The van der Waals surface area contributed by atoms with Crippen molar-refractivity contribution in [2.75, 3.05) is 26.2 Å². The topological polar surface area (TPSA) is 15.3 Å². The van der Waals surface area contributed by atoms with Crippen LogP contribution < -0.4 is 5.32 Å². The van der Waals surface area contributed by atoms with E-state index in [0.29, 0.717) is 0 Å². The molecule has 0 bridgehead atoms. The predicted molar refractivity (Wildman–Crippen MR) is 67.2 cm³/mol. The Morgan fingerprint density at radius 1 is 1.47 bits per heavy atom. The Morgan fingerprint density at radius 3 is 3.07 bits per heavy atom. The molecule has 1 unspecified atom stereocenters. The lowest BCUT2D eigenvalue weighted by Crippen LogP contribution is -2.37. The van der Waals surface area contributed by atoms with Gasteiger partial charge in [-0.2, -0.15) is 0 Å². The summed E-state index contributed by atoms with van der Waals surface area (Å²) in [6, 6.07) is 0.725. The zero-order valence-corrected chi connectivity index (χ0v) is 10.3. The minimum Gasteiger partial charge on any atom is -0.313 e. The summed E-state index contributed by atoms with van der Waals surface area (Å²) in [7, 11) is 0. The molecule has 88 valence electrons. The molecule has 1 aliphatic heterocycles. The fourth-order valence-corrected chi connectivity index (χ4v) is 2.25. The van der Waals surface area contributed by atoms with E-state index < -0.39 is 0 Å². The molecule has 2 nitrogen and oxygen atoms in total. The molecule has 1 rings (SSSR count). The molecule has 0 radical (unpaired) electrons. The van der Waals surface area contributed by atoms with Crippen LogP contribution in [0.3, 0.4) is 0 Å². The fourth-order valence-electron chi connectivity index (χ4n) is 2.25. The smallest absolute Gasteiger partial charge is 0.0194 e. The molecule has 0 spiro atoms. The largest absolute Gasteiger partial charge is 0.313 e. The molecule has 0 amide bonds. The SMILES string of the molecule is C/C=C/CCN1CCCNC(CCC)C1. The van der Waals surface area contributed by atoms with Crippen molar-refractivity contribution in [2.24, 2.45) is 0 Å². The Kier molecular flexibility index (Phi) is 6.69. The maximum atomic E-state index is 3.64. The third-order valence-corrected chi connectivity index (χ3v) is 3.05. The number of allylic oxidation sites excluding steroid dienone is 1. The van der Waals surface area contributed by atoms with Gasteiger partial charge in [0.15, 0.2) is 0 Å². The van der Waals surface area contributed by atoms with Gasteiger partial charge in [0.2, 0.25) is 0 Å². The zero-order valence-electron chi connectivity index (χ0n) is 10.3. The van der Waals surface area contributed by atoms with Crippen molar-refractivity contribution in [2.45, 2.75) is 45.6 Å². The molecule has 0 aromatic carbocycles. The van der Waals surface area contributed by atoms with E-state index in [1.807, 2.05) is 0 Å². The van der Waals surface area contributed by atoms with E-state index >= 15 is 0 Å². The van der Waals surface area contributed by atoms with E-state index in [1.165, 1.54) is 51.9 Å². The summed E-state index contributed by atoms with van der Waals surface area (Å²) in [5.41, 5.74) is 0. The van der Waals surface area contributed by atoms with Crippen molar-refractivity contribution in [3.63, 3.8) is 0 Å². The summed E-state index contributed by atoms with van der Waals surface area (Å²) in [6.07, 6.45) is 9.54. The summed E-state index contributed by atoms with van der Waals surface area (Å²) >= 11 is 0. The second-order valence-corrected chi connectivity index (χ2v) is 4.45. The summed E-state index contributed by atoms with van der Waals surface area (Å²) in [5.74, 6) is 0.